The first-order valence-corrected chi connectivity index (χ1v) is 9.57. The highest BCUT2D eigenvalue weighted by Gasteiger charge is 2.18. The molecule has 0 atom stereocenters. The molecular formula is C21H24N2O3S. The molecule has 5 nitrogen and oxygen atoms in total. The second-order valence-corrected chi connectivity index (χ2v) is 7.03. The Morgan fingerprint density at radius 1 is 0.926 bits per heavy atom. The van der Waals surface area contributed by atoms with E-state index in [9.17, 15) is 0 Å². The molecule has 0 spiro atoms. The molecule has 1 N–H and O–H groups in total. The van der Waals surface area contributed by atoms with Crippen LogP contribution in [-0.2, 0) is 13.0 Å². The van der Waals surface area contributed by atoms with Crippen LogP contribution in [-0.4, -0.2) is 32.9 Å². The topological polar surface area (TPSA) is 52.6 Å². The van der Waals surface area contributed by atoms with E-state index >= 15 is 0 Å². The molecule has 1 heterocycles. The van der Waals surface area contributed by atoms with Crippen molar-refractivity contribution in [1.82, 2.24) is 10.3 Å². The van der Waals surface area contributed by atoms with E-state index in [2.05, 4.69) is 34.6 Å². The molecule has 3 rings (SSSR count). The van der Waals surface area contributed by atoms with E-state index < -0.39 is 0 Å². The van der Waals surface area contributed by atoms with Crippen molar-refractivity contribution in [3.8, 4) is 27.7 Å². The Morgan fingerprint density at radius 2 is 1.70 bits per heavy atom. The van der Waals surface area contributed by atoms with Crippen LogP contribution in [0.2, 0.25) is 0 Å². The highest BCUT2D eigenvalue weighted by atomic mass is 32.1. The number of nitrogens with one attached hydrogen (secondary N) is 1. The normalized spacial score (nSPS) is 10.6. The summed E-state index contributed by atoms with van der Waals surface area (Å²) in [6.45, 7) is 1.66. The van der Waals surface area contributed by atoms with Gasteiger partial charge >= 0.3 is 0 Å². The molecule has 0 amide bonds. The highest BCUT2D eigenvalue weighted by molar-refractivity contribution is 7.15. The molecule has 0 saturated carbocycles. The molecule has 27 heavy (non-hydrogen) atoms. The predicted octanol–water partition coefficient (Wildman–Crippen LogP) is 4.17. The molecule has 0 aliphatic rings. The number of thiazole rings is 1. The van der Waals surface area contributed by atoms with Crippen LogP contribution in [0.5, 0.6) is 17.2 Å². The maximum atomic E-state index is 5.58. The van der Waals surface area contributed by atoms with Crippen LogP contribution in [0.1, 0.15) is 10.6 Å². The smallest absolute Gasteiger partial charge is 0.203 e. The van der Waals surface area contributed by atoms with E-state index in [0.717, 1.165) is 35.0 Å². The molecule has 0 unspecified atom stereocenters. The van der Waals surface area contributed by atoms with Crippen molar-refractivity contribution in [3.63, 3.8) is 0 Å². The number of hydrogen-bond donors (Lipinski definition) is 1. The predicted molar refractivity (Wildman–Crippen MR) is 109 cm³/mol. The Morgan fingerprint density at radius 3 is 2.41 bits per heavy atom. The lowest BCUT2D eigenvalue weighted by Crippen LogP contribution is -2.16. The van der Waals surface area contributed by atoms with Crippen molar-refractivity contribution in [2.24, 2.45) is 0 Å². The zero-order valence-corrected chi connectivity index (χ0v) is 16.6. The highest BCUT2D eigenvalue weighted by Crippen LogP contribution is 2.45. The zero-order valence-electron chi connectivity index (χ0n) is 15.8. The van der Waals surface area contributed by atoms with E-state index in [4.69, 9.17) is 14.2 Å². The molecular weight excluding hydrogens is 360 g/mol. The Kier molecular flexibility index (Phi) is 6.68. The molecule has 1 aromatic heterocycles. The van der Waals surface area contributed by atoms with Gasteiger partial charge in [-0.25, -0.2) is 4.98 Å². The maximum absolute atomic E-state index is 5.58. The van der Waals surface area contributed by atoms with Crippen molar-refractivity contribution in [3.05, 3.63) is 59.2 Å². The first-order valence-electron chi connectivity index (χ1n) is 8.75. The van der Waals surface area contributed by atoms with Crippen LogP contribution < -0.4 is 19.5 Å². The Hall–Kier alpha value is -2.57. The van der Waals surface area contributed by atoms with Crippen LogP contribution in [0.15, 0.2) is 48.7 Å². The summed E-state index contributed by atoms with van der Waals surface area (Å²) in [6, 6.07) is 14.3. The first-order chi connectivity index (χ1) is 13.3. The molecule has 3 aromatic rings. The fourth-order valence-electron chi connectivity index (χ4n) is 2.88. The second-order valence-electron chi connectivity index (χ2n) is 5.91. The second kappa shape index (κ2) is 9.39. The van der Waals surface area contributed by atoms with Gasteiger partial charge in [0.2, 0.25) is 5.75 Å². The fourth-order valence-corrected chi connectivity index (χ4v) is 3.79. The molecule has 6 heteroatoms. The minimum absolute atomic E-state index is 0.591. The van der Waals surface area contributed by atoms with Gasteiger partial charge in [0, 0.05) is 18.3 Å². The van der Waals surface area contributed by atoms with Crippen molar-refractivity contribution >= 4 is 11.3 Å². The summed E-state index contributed by atoms with van der Waals surface area (Å²) in [4.78, 5) is 5.57. The first kappa shape index (κ1) is 19.2. The van der Waals surface area contributed by atoms with Crippen LogP contribution in [0.4, 0.5) is 0 Å². The number of hydrogen-bond acceptors (Lipinski definition) is 6. The monoisotopic (exact) mass is 384 g/mol. The van der Waals surface area contributed by atoms with Gasteiger partial charge in [0.05, 0.1) is 26.2 Å². The number of aromatic nitrogens is 1. The SMILES string of the molecule is COc1ccc(-c2cnc(CNCCc3ccccc3)s2)c(OC)c1OC. The zero-order chi connectivity index (χ0) is 19.1. The third-order valence-corrected chi connectivity index (χ3v) is 5.26. The van der Waals surface area contributed by atoms with Crippen molar-refractivity contribution in [2.75, 3.05) is 27.9 Å². The van der Waals surface area contributed by atoms with Gasteiger partial charge in [-0.2, -0.15) is 0 Å². The third-order valence-electron chi connectivity index (χ3n) is 4.23. The maximum Gasteiger partial charge on any atom is 0.203 e. The summed E-state index contributed by atoms with van der Waals surface area (Å²) in [7, 11) is 4.86. The van der Waals surface area contributed by atoms with E-state index in [-0.39, 0.29) is 0 Å². The third kappa shape index (κ3) is 4.59. The number of ether oxygens (including phenoxy) is 3. The minimum atomic E-state index is 0.591. The van der Waals surface area contributed by atoms with Gasteiger partial charge in [-0.15, -0.1) is 11.3 Å². The molecule has 0 aliphatic carbocycles. The van der Waals surface area contributed by atoms with Gasteiger partial charge in [0.15, 0.2) is 11.5 Å². The van der Waals surface area contributed by atoms with Gasteiger partial charge in [-0.05, 0) is 30.7 Å². The average molecular weight is 385 g/mol. The summed E-state index contributed by atoms with van der Waals surface area (Å²) in [5, 5.41) is 4.49. The standard InChI is InChI=1S/C21H24N2O3S/c1-24-17-10-9-16(20(25-2)21(17)26-3)18-13-23-19(27-18)14-22-12-11-15-7-5-4-6-8-15/h4-10,13,22H,11-12,14H2,1-3H3. The minimum Gasteiger partial charge on any atom is -0.493 e. The summed E-state index contributed by atoms with van der Waals surface area (Å²) in [6.07, 6.45) is 2.88. The largest absolute Gasteiger partial charge is 0.493 e. The molecule has 142 valence electrons. The van der Waals surface area contributed by atoms with Gasteiger partial charge < -0.3 is 19.5 Å². The Balaban J connectivity index is 1.67. The summed E-state index contributed by atoms with van der Waals surface area (Å²) >= 11 is 1.64. The molecule has 0 bridgehead atoms. The van der Waals surface area contributed by atoms with Gasteiger partial charge in [-0.1, -0.05) is 30.3 Å². The summed E-state index contributed by atoms with van der Waals surface area (Å²) in [5.74, 6) is 1.89. The van der Waals surface area contributed by atoms with E-state index in [1.165, 1.54) is 5.56 Å². The molecule has 2 aromatic carbocycles. The molecule has 0 aliphatic heterocycles. The lowest BCUT2D eigenvalue weighted by Gasteiger charge is -2.14. The van der Waals surface area contributed by atoms with Crippen LogP contribution in [0, 0.1) is 0 Å². The van der Waals surface area contributed by atoms with Crippen molar-refractivity contribution in [2.45, 2.75) is 13.0 Å². The number of methoxy groups -OCH3 is 3. The Bertz CT molecular complexity index is 865. The van der Waals surface area contributed by atoms with Crippen LogP contribution in [0.3, 0.4) is 0 Å². The van der Waals surface area contributed by atoms with Gasteiger partial charge in [0.1, 0.15) is 5.01 Å². The van der Waals surface area contributed by atoms with E-state index in [1.807, 2.05) is 24.4 Å². The lowest BCUT2D eigenvalue weighted by atomic mass is 10.1. The summed E-state index contributed by atoms with van der Waals surface area (Å²) in [5.41, 5.74) is 2.28. The molecule has 0 saturated heterocycles. The van der Waals surface area contributed by atoms with Gasteiger partial charge in [-0.3, -0.25) is 0 Å². The van der Waals surface area contributed by atoms with E-state index in [1.54, 1.807) is 32.7 Å². The average Bonchev–Trinajstić information content (AvgIpc) is 3.19. The van der Waals surface area contributed by atoms with Crippen LogP contribution in [0.25, 0.3) is 10.4 Å². The number of rotatable bonds is 9. The van der Waals surface area contributed by atoms with Crippen molar-refractivity contribution < 1.29 is 14.2 Å². The number of benzene rings is 2. The van der Waals surface area contributed by atoms with E-state index in [0.29, 0.717) is 17.2 Å². The summed E-state index contributed by atoms with van der Waals surface area (Å²) < 4.78 is 16.4. The Labute approximate surface area is 163 Å². The van der Waals surface area contributed by atoms with Crippen molar-refractivity contribution in [1.29, 1.82) is 0 Å². The van der Waals surface area contributed by atoms with Gasteiger partial charge in [0.25, 0.3) is 0 Å². The number of nitrogens with zero attached hydrogens (tertiary/aromatic N) is 1. The fraction of sp³-hybridized carbons (Fsp3) is 0.286. The van der Waals surface area contributed by atoms with Crippen LogP contribution >= 0.6 is 11.3 Å². The molecule has 0 fully saturated rings. The molecule has 0 radical (unpaired) electrons. The lowest BCUT2D eigenvalue weighted by molar-refractivity contribution is 0.325. The quantitative estimate of drug-likeness (QED) is 0.561.